The van der Waals surface area contributed by atoms with Gasteiger partial charge >= 0.3 is 13.7 Å². The van der Waals surface area contributed by atoms with Gasteiger partial charge in [-0.3, -0.25) is 0 Å². The number of ether oxygens (including phenoxy) is 1. The molecule has 5 aromatic carbocycles. The minimum atomic E-state index is -4.06. The fourth-order valence-electron chi connectivity index (χ4n) is 4.13. The molecular weight excluding hydrogens is 509 g/mol. The summed E-state index contributed by atoms with van der Waals surface area (Å²) in [5.74, 6) is -0.332. The van der Waals surface area contributed by atoms with Crippen LogP contribution in [0.1, 0.15) is 11.1 Å². The molecule has 0 radical (unpaired) electrons. The van der Waals surface area contributed by atoms with Crippen LogP contribution in [0.15, 0.2) is 133 Å². The third kappa shape index (κ3) is 7.07. The largest absolute Gasteiger partial charge is 0.453 e. The number of nitrogens with one attached hydrogen (secondary N) is 1. The summed E-state index contributed by atoms with van der Waals surface area (Å²) in [7, 11) is -4.06. The Labute approximate surface area is 227 Å². The van der Waals surface area contributed by atoms with Gasteiger partial charge in [0.05, 0.1) is 0 Å². The zero-order valence-corrected chi connectivity index (χ0v) is 22.1. The Morgan fingerprint density at radius 1 is 0.641 bits per heavy atom. The molecule has 0 saturated carbocycles. The van der Waals surface area contributed by atoms with Crippen LogP contribution < -0.4 is 14.4 Å². The summed E-state index contributed by atoms with van der Waals surface area (Å²) < 4.78 is 32.2. The maximum atomic E-state index is 14.6. The highest BCUT2D eigenvalue weighted by molar-refractivity contribution is 7.55. The first-order valence-corrected chi connectivity index (χ1v) is 14.2. The van der Waals surface area contributed by atoms with Crippen molar-refractivity contribution in [2.45, 2.75) is 18.8 Å². The maximum Gasteiger partial charge on any atom is 0.453 e. The molecule has 0 fully saturated rings. The first kappa shape index (κ1) is 26.1. The molecule has 1 N–H and O–H groups in total. The number of fused-ring (bicyclic) bond motifs is 1. The van der Waals surface area contributed by atoms with Crippen molar-refractivity contribution in [3.8, 4) is 11.5 Å². The van der Waals surface area contributed by atoms with E-state index in [9.17, 15) is 9.36 Å². The van der Waals surface area contributed by atoms with E-state index in [0.717, 1.165) is 21.9 Å². The summed E-state index contributed by atoms with van der Waals surface area (Å²) in [4.78, 5) is 13.0. The van der Waals surface area contributed by atoms with Crippen molar-refractivity contribution in [3.05, 3.63) is 145 Å². The minimum Gasteiger partial charge on any atom is -0.445 e. The molecule has 0 spiro atoms. The molecular formula is C32H28NO5P. The number of para-hydroxylation sites is 2. The number of benzene rings is 5. The summed E-state index contributed by atoms with van der Waals surface area (Å²) in [6, 6.07) is 40.9. The van der Waals surface area contributed by atoms with E-state index in [2.05, 4.69) is 5.32 Å². The predicted octanol–water partition coefficient (Wildman–Crippen LogP) is 7.99. The standard InChI is InChI=1S/C32H28NO5P/c34-32(36-24-25-12-4-1-5-13-25)33-31(23-26-20-21-27-14-10-11-15-28(27)22-26)39(35,37-29-16-6-2-7-17-29)38-30-18-8-3-9-19-30/h1-22,31H,23-24H2,(H,33,34). The molecule has 0 aromatic heterocycles. The van der Waals surface area contributed by atoms with Crippen LogP contribution in [0.4, 0.5) is 4.79 Å². The van der Waals surface area contributed by atoms with Crippen molar-refractivity contribution in [2.24, 2.45) is 0 Å². The van der Waals surface area contributed by atoms with Crippen LogP contribution in [0.25, 0.3) is 10.8 Å². The van der Waals surface area contributed by atoms with E-state index < -0.39 is 19.5 Å². The van der Waals surface area contributed by atoms with Crippen molar-refractivity contribution in [1.29, 1.82) is 0 Å². The van der Waals surface area contributed by atoms with Crippen molar-refractivity contribution >= 4 is 24.5 Å². The average molecular weight is 538 g/mol. The van der Waals surface area contributed by atoms with Gasteiger partial charge < -0.3 is 19.1 Å². The third-order valence-electron chi connectivity index (χ3n) is 6.07. The van der Waals surface area contributed by atoms with E-state index in [0.29, 0.717) is 11.5 Å². The fraction of sp³-hybridized carbons (Fsp3) is 0.0938. The second kappa shape index (κ2) is 12.3. The van der Waals surface area contributed by atoms with E-state index in [1.807, 2.05) is 84.9 Å². The number of alkyl carbamates (subject to hydrolysis) is 1. The first-order chi connectivity index (χ1) is 19.1. The molecule has 196 valence electrons. The van der Waals surface area contributed by atoms with Crippen LogP contribution in [0.5, 0.6) is 11.5 Å². The molecule has 5 rings (SSSR count). The molecule has 5 aromatic rings. The van der Waals surface area contributed by atoms with E-state index in [4.69, 9.17) is 13.8 Å². The zero-order valence-electron chi connectivity index (χ0n) is 21.2. The highest BCUT2D eigenvalue weighted by Crippen LogP contribution is 2.53. The molecule has 0 aliphatic heterocycles. The Morgan fingerprint density at radius 3 is 1.79 bits per heavy atom. The Balaban J connectivity index is 1.47. The van der Waals surface area contributed by atoms with Gasteiger partial charge in [0.15, 0.2) is 5.78 Å². The first-order valence-electron chi connectivity index (χ1n) is 12.6. The van der Waals surface area contributed by atoms with Crippen molar-refractivity contribution < 1.29 is 23.1 Å². The summed E-state index contributed by atoms with van der Waals surface area (Å²) in [6.45, 7) is 0.0682. The summed E-state index contributed by atoms with van der Waals surface area (Å²) in [6.07, 6.45) is -0.541. The van der Waals surface area contributed by atoms with Crippen molar-refractivity contribution in [2.75, 3.05) is 0 Å². The monoisotopic (exact) mass is 537 g/mol. The molecule has 0 bridgehead atoms. The lowest BCUT2D eigenvalue weighted by Gasteiger charge is -2.28. The second-order valence-corrected chi connectivity index (χ2v) is 11.0. The van der Waals surface area contributed by atoms with E-state index in [-0.39, 0.29) is 13.0 Å². The lowest BCUT2D eigenvalue weighted by molar-refractivity contribution is 0.137. The maximum absolute atomic E-state index is 14.6. The average Bonchev–Trinajstić information content (AvgIpc) is 2.97. The van der Waals surface area contributed by atoms with E-state index >= 15 is 0 Å². The van der Waals surface area contributed by atoms with Gasteiger partial charge in [-0.1, -0.05) is 109 Å². The molecule has 1 unspecified atom stereocenters. The quantitative estimate of drug-likeness (QED) is 0.183. The molecule has 39 heavy (non-hydrogen) atoms. The number of hydrogen-bond acceptors (Lipinski definition) is 5. The molecule has 0 aliphatic carbocycles. The van der Waals surface area contributed by atoms with Gasteiger partial charge in [0, 0.05) is 6.42 Å². The molecule has 1 atom stereocenters. The van der Waals surface area contributed by atoms with E-state index in [1.165, 1.54) is 0 Å². The Morgan fingerprint density at radius 2 is 1.18 bits per heavy atom. The molecule has 0 heterocycles. The molecule has 0 saturated heterocycles. The number of carbonyl (C=O) groups excluding carboxylic acids is 1. The number of carbonyl (C=O) groups is 1. The van der Waals surface area contributed by atoms with Crippen molar-refractivity contribution in [3.63, 3.8) is 0 Å². The summed E-state index contributed by atoms with van der Waals surface area (Å²) >= 11 is 0. The number of rotatable bonds is 10. The lowest BCUT2D eigenvalue weighted by atomic mass is 10.1. The minimum absolute atomic E-state index is 0.0682. The van der Waals surface area contributed by atoms with Gasteiger partial charge in [-0.15, -0.1) is 0 Å². The third-order valence-corrected chi connectivity index (χ3v) is 8.08. The smallest absolute Gasteiger partial charge is 0.445 e. The highest BCUT2D eigenvalue weighted by atomic mass is 31.2. The van der Waals surface area contributed by atoms with Crippen LogP contribution in [0.3, 0.4) is 0 Å². The van der Waals surface area contributed by atoms with Gasteiger partial charge in [0.1, 0.15) is 18.1 Å². The van der Waals surface area contributed by atoms with Crippen LogP contribution in [-0.4, -0.2) is 11.9 Å². The molecule has 0 aliphatic rings. The SMILES string of the molecule is O=C(NC(Cc1ccc2ccccc2c1)P(=O)(Oc1ccccc1)Oc1ccccc1)OCc1ccccc1. The van der Waals surface area contributed by atoms with E-state index in [1.54, 1.807) is 48.5 Å². The Kier molecular flexibility index (Phi) is 8.25. The summed E-state index contributed by atoms with van der Waals surface area (Å²) in [5.41, 5.74) is 1.69. The molecule has 1 amide bonds. The summed E-state index contributed by atoms with van der Waals surface area (Å²) in [5, 5.41) is 4.90. The molecule has 7 heteroatoms. The normalized spacial score (nSPS) is 11.9. The zero-order chi connectivity index (χ0) is 26.9. The van der Waals surface area contributed by atoms with Crippen LogP contribution >= 0.6 is 7.60 Å². The van der Waals surface area contributed by atoms with Gasteiger partial charge in [-0.25, -0.2) is 9.36 Å². The van der Waals surface area contributed by atoms with Crippen molar-refractivity contribution in [1.82, 2.24) is 5.32 Å². The number of hydrogen-bond donors (Lipinski definition) is 1. The second-order valence-electron chi connectivity index (χ2n) is 8.96. The van der Waals surface area contributed by atoms with Crippen LogP contribution in [0.2, 0.25) is 0 Å². The van der Waals surface area contributed by atoms with Crippen LogP contribution in [0, 0.1) is 0 Å². The predicted molar refractivity (Wildman–Crippen MR) is 153 cm³/mol. The fourth-order valence-corrected chi connectivity index (χ4v) is 5.95. The highest BCUT2D eigenvalue weighted by Gasteiger charge is 2.41. The lowest BCUT2D eigenvalue weighted by Crippen LogP contribution is -2.39. The molecule has 6 nitrogen and oxygen atoms in total. The van der Waals surface area contributed by atoms with Crippen LogP contribution in [-0.2, 0) is 22.3 Å². The number of amides is 1. The van der Waals surface area contributed by atoms with Gasteiger partial charge in [0.25, 0.3) is 0 Å². The van der Waals surface area contributed by atoms with Gasteiger partial charge in [0.2, 0.25) is 0 Å². The van der Waals surface area contributed by atoms with Gasteiger partial charge in [-0.2, -0.15) is 0 Å². The van der Waals surface area contributed by atoms with Gasteiger partial charge in [-0.05, 0) is 46.2 Å². The Hall–Kier alpha value is -4.54. The topological polar surface area (TPSA) is 73.9 Å². The Bertz CT molecular complexity index is 1520.